The van der Waals surface area contributed by atoms with Crippen LogP contribution >= 0.6 is 11.6 Å². The van der Waals surface area contributed by atoms with Gasteiger partial charge in [-0.15, -0.1) is 0 Å². The van der Waals surface area contributed by atoms with Crippen LogP contribution in [0.25, 0.3) is 0 Å². The van der Waals surface area contributed by atoms with E-state index in [1.165, 1.54) is 12.1 Å². The molecule has 23 heavy (non-hydrogen) atoms. The molecule has 0 aromatic heterocycles. The minimum Gasteiger partial charge on any atom is -0.481 e. The highest BCUT2D eigenvalue weighted by molar-refractivity contribution is 6.31. The molecule has 0 bridgehead atoms. The van der Waals surface area contributed by atoms with E-state index >= 15 is 0 Å². The number of hydrogen-bond donors (Lipinski definition) is 1. The highest BCUT2D eigenvalue weighted by Crippen LogP contribution is 2.22. The number of carboxylic acid groups (broad SMARTS) is 1. The number of carbonyl (C=O) groups is 2. The van der Waals surface area contributed by atoms with Gasteiger partial charge in [0.1, 0.15) is 5.82 Å². The SMILES string of the molecule is N#Cc1cc(F)cc(C(=O)c2cc(Cl)ccc2CCC(=O)O)c1. The maximum atomic E-state index is 13.5. The van der Waals surface area contributed by atoms with Gasteiger partial charge in [-0.25, -0.2) is 4.39 Å². The number of halogens is 2. The molecule has 1 N–H and O–H groups in total. The molecule has 0 amide bonds. The van der Waals surface area contributed by atoms with Crippen molar-refractivity contribution in [1.29, 1.82) is 5.26 Å². The Balaban J connectivity index is 2.46. The molecular weight excluding hydrogens is 321 g/mol. The van der Waals surface area contributed by atoms with Gasteiger partial charge in [-0.05, 0) is 42.3 Å². The molecule has 0 atom stereocenters. The summed E-state index contributed by atoms with van der Waals surface area (Å²) in [6, 6.07) is 9.67. The van der Waals surface area contributed by atoms with Gasteiger partial charge in [0, 0.05) is 22.6 Å². The summed E-state index contributed by atoms with van der Waals surface area (Å²) in [5, 5.41) is 18.0. The molecule has 0 spiro atoms. The van der Waals surface area contributed by atoms with Gasteiger partial charge in [0.25, 0.3) is 0 Å². The molecule has 6 heteroatoms. The smallest absolute Gasteiger partial charge is 0.303 e. The quantitative estimate of drug-likeness (QED) is 0.849. The molecule has 0 saturated carbocycles. The topological polar surface area (TPSA) is 78.2 Å². The van der Waals surface area contributed by atoms with Gasteiger partial charge in [0.2, 0.25) is 0 Å². The van der Waals surface area contributed by atoms with Gasteiger partial charge in [-0.3, -0.25) is 9.59 Å². The molecule has 0 aliphatic rings. The minimum atomic E-state index is -0.990. The number of carboxylic acids is 1. The Kier molecular flexibility index (Phi) is 5.09. The summed E-state index contributed by atoms with van der Waals surface area (Å²) < 4.78 is 13.5. The van der Waals surface area contributed by atoms with Crippen LogP contribution in [0.15, 0.2) is 36.4 Å². The summed E-state index contributed by atoms with van der Waals surface area (Å²) in [6.07, 6.45) is 0.00249. The third kappa shape index (κ3) is 4.15. The zero-order valence-corrected chi connectivity index (χ0v) is 12.6. The van der Waals surface area contributed by atoms with Crippen molar-refractivity contribution < 1.29 is 19.1 Å². The molecule has 0 aliphatic heterocycles. The summed E-state index contributed by atoms with van der Waals surface area (Å²) >= 11 is 5.91. The first-order chi connectivity index (χ1) is 10.9. The number of ketones is 1. The highest BCUT2D eigenvalue weighted by atomic mass is 35.5. The van der Waals surface area contributed by atoms with Crippen molar-refractivity contribution in [3.63, 3.8) is 0 Å². The molecule has 2 rings (SSSR count). The van der Waals surface area contributed by atoms with E-state index in [0.717, 1.165) is 12.1 Å². The molecule has 0 radical (unpaired) electrons. The maximum Gasteiger partial charge on any atom is 0.303 e. The number of nitriles is 1. The van der Waals surface area contributed by atoms with Gasteiger partial charge in [0.15, 0.2) is 5.78 Å². The zero-order chi connectivity index (χ0) is 17.0. The maximum absolute atomic E-state index is 13.5. The van der Waals surface area contributed by atoms with Crippen LogP contribution in [0, 0.1) is 17.1 Å². The second-order valence-corrected chi connectivity index (χ2v) is 5.30. The van der Waals surface area contributed by atoms with Crippen LogP contribution < -0.4 is 0 Å². The predicted molar refractivity (Wildman–Crippen MR) is 82.0 cm³/mol. The van der Waals surface area contributed by atoms with E-state index in [0.29, 0.717) is 10.6 Å². The van der Waals surface area contributed by atoms with Crippen LogP contribution in [0.4, 0.5) is 4.39 Å². The van der Waals surface area contributed by atoms with E-state index < -0.39 is 17.6 Å². The van der Waals surface area contributed by atoms with Crippen LogP contribution in [0.1, 0.15) is 33.5 Å². The lowest BCUT2D eigenvalue weighted by Crippen LogP contribution is -2.08. The Hall–Kier alpha value is -2.71. The third-order valence-electron chi connectivity index (χ3n) is 3.21. The van der Waals surface area contributed by atoms with Crippen LogP contribution in [0.3, 0.4) is 0 Å². The molecule has 2 aromatic rings. The van der Waals surface area contributed by atoms with Crippen LogP contribution in [-0.4, -0.2) is 16.9 Å². The van der Waals surface area contributed by atoms with Crippen molar-refractivity contribution in [1.82, 2.24) is 0 Å². The van der Waals surface area contributed by atoms with E-state index in [-0.39, 0.29) is 29.5 Å². The second kappa shape index (κ2) is 7.03. The van der Waals surface area contributed by atoms with Crippen molar-refractivity contribution in [2.24, 2.45) is 0 Å². The van der Waals surface area contributed by atoms with E-state index in [1.807, 2.05) is 0 Å². The number of aliphatic carboxylic acids is 1. The van der Waals surface area contributed by atoms with Crippen LogP contribution in [0.5, 0.6) is 0 Å². The number of aryl methyl sites for hydroxylation is 1. The largest absolute Gasteiger partial charge is 0.481 e. The summed E-state index contributed by atoms with van der Waals surface area (Å²) in [5.74, 6) is -2.19. The lowest BCUT2D eigenvalue weighted by atomic mass is 9.95. The van der Waals surface area contributed by atoms with E-state index in [9.17, 15) is 14.0 Å². The van der Waals surface area contributed by atoms with Crippen molar-refractivity contribution >= 4 is 23.4 Å². The summed E-state index contributed by atoms with van der Waals surface area (Å²) in [5.41, 5.74) is 0.751. The average molecular weight is 332 g/mol. The molecule has 116 valence electrons. The fraction of sp³-hybridized carbons (Fsp3) is 0.118. The summed E-state index contributed by atoms with van der Waals surface area (Å²) in [7, 11) is 0. The molecule has 0 heterocycles. The van der Waals surface area contributed by atoms with Gasteiger partial charge in [0.05, 0.1) is 11.6 Å². The molecule has 2 aromatic carbocycles. The highest BCUT2D eigenvalue weighted by Gasteiger charge is 2.16. The molecular formula is C17H11ClFNO3. The molecule has 0 fully saturated rings. The van der Waals surface area contributed by atoms with Crippen LogP contribution in [-0.2, 0) is 11.2 Å². The lowest BCUT2D eigenvalue weighted by Gasteiger charge is -2.09. The summed E-state index contributed by atoms with van der Waals surface area (Å²) in [6.45, 7) is 0. The Bertz CT molecular complexity index is 827. The van der Waals surface area contributed by atoms with Gasteiger partial charge in [-0.1, -0.05) is 17.7 Å². The van der Waals surface area contributed by atoms with Crippen molar-refractivity contribution in [3.05, 3.63) is 69.5 Å². The number of rotatable bonds is 5. The van der Waals surface area contributed by atoms with Crippen LogP contribution in [0.2, 0.25) is 5.02 Å². The van der Waals surface area contributed by atoms with Gasteiger partial charge in [-0.2, -0.15) is 5.26 Å². The molecule has 0 saturated heterocycles. The standard InChI is InChI=1S/C17H11ClFNO3/c18-13-3-1-11(2-4-16(21)22)15(8-13)17(23)12-5-10(9-20)6-14(19)7-12/h1,3,5-8H,2,4H2,(H,21,22). The fourth-order valence-corrected chi connectivity index (χ4v) is 2.33. The van der Waals surface area contributed by atoms with Gasteiger partial charge >= 0.3 is 5.97 Å². The predicted octanol–water partition coefficient (Wildman–Crippen LogP) is 3.60. The summed E-state index contributed by atoms with van der Waals surface area (Å²) in [4.78, 5) is 23.3. The lowest BCUT2D eigenvalue weighted by molar-refractivity contribution is -0.136. The second-order valence-electron chi connectivity index (χ2n) is 4.86. The fourth-order valence-electron chi connectivity index (χ4n) is 2.16. The average Bonchev–Trinajstić information content (AvgIpc) is 2.52. The monoisotopic (exact) mass is 331 g/mol. The number of nitrogens with zero attached hydrogens (tertiary/aromatic N) is 1. The number of hydrogen-bond acceptors (Lipinski definition) is 3. The zero-order valence-electron chi connectivity index (χ0n) is 11.8. The molecule has 0 aliphatic carbocycles. The van der Waals surface area contributed by atoms with Crippen molar-refractivity contribution in [3.8, 4) is 6.07 Å². The van der Waals surface area contributed by atoms with E-state index in [2.05, 4.69) is 0 Å². The minimum absolute atomic E-state index is 0.0143. The Morgan fingerprint density at radius 1 is 1.22 bits per heavy atom. The number of benzene rings is 2. The van der Waals surface area contributed by atoms with Crippen molar-refractivity contribution in [2.75, 3.05) is 0 Å². The third-order valence-corrected chi connectivity index (χ3v) is 3.45. The Morgan fingerprint density at radius 3 is 2.61 bits per heavy atom. The first kappa shape index (κ1) is 16.7. The first-order valence-electron chi connectivity index (χ1n) is 6.66. The Labute approximate surface area is 136 Å². The van der Waals surface area contributed by atoms with E-state index in [4.69, 9.17) is 22.0 Å². The number of carbonyl (C=O) groups excluding carboxylic acids is 1. The Morgan fingerprint density at radius 2 is 1.96 bits per heavy atom. The first-order valence-corrected chi connectivity index (χ1v) is 7.04. The molecule has 0 unspecified atom stereocenters. The molecule has 4 nitrogen and oxygen atoms in total. The van der Waals surface area contributed by atoms with Gasteiger partial charge < -0.3 is 5.11 Å². The van der Waals surface area contributed by atoms with Crippen molar-refractivity contribution in [2.45, 2.75) is 12.8 Å². The normalized spacial score (nSPS) is 10.1. The van der Waals surface area contributed by atoms with E-state index in [1.54, 1.807) is 18.2 Å².